The van der Waals surface area contributed by atoms with Crippen molar-refractivity contribution in [1.82, 2.24) is 0 Å². The standard InChI is InChI=1S/C25H20ClN3O6/c1-33-23-13-20(29(31)32)8-9-21(23)28-25(30)18(14-27)11-17-5-10-22(24(12-17)34-2)35-15-16-3-6-19(26)7-4-16/h3-13H,15H2,1-2H3,(H,28,30)/b18-11-. The normalized spacial score (nSPS) is 10.7. The van der Waals surface area contributed by atoms with Crippen LogP contribution in [0.3, 0.4) is 0 Å². The minimum Gasteiger partial charge on any atom is -0.494 e. The van der Waals surface area contributed by atoms with Crippen molar-refractivity contribution in [3.05, 3.63) is 92.5 Å². The molecule has 0 saturated heterocycles. The number of carbonyl (C=O) groups is 1. The number of nitro groups is 1. The van der Waals surface area contributed by atoms with Gasteiger partial charge >= 0.3 is 0 Å². The number of methoxy groups -OCH3 is 2. The number of halogens is 1. The van der Waals surface area contributed by atoms with Crippen LogP contribution in [-0.4, -0.2) is 25.1 Å². The third-order valence-corrected chi connectivity index (χ3v) is 5.07. The lowest BCUT2D eigenvalue weighted by molar-refractivity contribution is -0.384. The number of non-ortho nitro benzene ring substituents is 1. The smallest absolute Gasteiger partial charge is 0.273 e. The summed E-state index contributed by atoms with van der Waals surface area (Å²) in [4.78, 5) is 23.1. The second-order valence-corrected chi connectivity index (χ2v) is 7.53. The van der Waals surface area contributed by atoms with Crippen molar-refractivity contribution in [3.63, 3.8) is 0 Å². The Morgan fingerprint density at radius 1 is 1.06 bits per heavy atom. The second-order valence-electron chi connectivity index (χ2n) is 7.09. The number of ether oxygens (including phenoxy) is 3. The van der Waals surface area contributed by atoms with E-state index in [2.05, 4.69) is 5.32 Å². The number of carbonyl (C=O) groups excluding carboxylic acids is 1. The summed E-state index contributed by atoms with van der Waals surface area (Å²) in [7, 11) is 2.80. The van der Waals surface area contributed by atoms with E-state index >= 15 is 0 Å². The molecule has 1 N–H and O–H groups in total. The Balaban J connectivity index is 1.77. The number of nitriles is 1. The highest BCUT2D eigenvalue weighted by Gasteiger charge is 2.16. The Kier molecular flexibility index (Phi) is 8.27. The number of amides is 1. The molecule has 0 unspecified atom stereocenters. The van der Waals surface area contributed by atoms with E-state index in [1.807, 2.05) is 18.2 Å². The molecule has 9 nitrogen and oxygen atoms in total. The quantitative estimate of drug-likeness (QED) is 0.183. The molecule has 3 aromatic rings. The van der Waals surface area contributed by atoms with Crippen LogP contribution in [-0.2, 0) is 11.4 Å². The van der Waals surface area contributed by atoms with Gasteiger partial charge in [0.2, 0.25) is 0 Å². The van der Waals surface area contributed by atoms with Gasteiger partial charge in [-0.25, -0.2) is 0 Å². The lowest BCUT2D eigenvalue weighted by atomic mass is 10.1. The molecule has 0 atom stereocenters. The summed E-state index contributed by atoms with van der Waals surface area (Å²) >= 11 is 5.90. The third-order valence-electron chi connectivity index (χ3n) is 4.82. The first kappa shape index (κ1) is 25.1. The first-order valence-electron chi connectivity index (χ1n) is 10.2. The van der Waals surface area contributed by atoms with Crippen LogP contribution in [0.15, 0.2) is 66.2 Å². The number of hydrogen-bond donors (Lipinski definition) is 1. The molecule has 0 aliphatic heterocycles. The second kappa shape index (κ2) is 11.5. The van der Waals surface area contributed by atoms with Crippen LogP contribution < -0.4 is 19.5 Å². The van der Waals surface area contributed by atoms with E-state index in [-0.39, 0.29) is 22.7 Å². The van der Waals surface area contributed by atoms with Gasteiger partial charge in [0.05, 0.1) is 30.9 Å². The van der Waals surface area contributed by atoms with E-state index < -0.39 is 10.8 Å². The summed E-state index contributed by atoms with van der Waals surface area (Å²) in [6.45, 7) is 0.297. The third kappa shape index (κ3) is 6.50. The van der Waals surface area contributed by atoms with Crippen molar-refractivity contribution in [1.29, 1.82) is 5.26 Å². The van der Waals surface area contributed by atoms with Crippen LogP contribution in [0.5, 0.6) is 17.2 Å². The van der Waals surface area contributed by atoms with Gasteiger partial charge < -0.3 is 19.5 Å². The number of anilines is 1. The summed E-state index contributed by atoms with van der Waals surface area (Å²) < 4.78 is 16.3. The molecule has 0 spiro atoms. The maximum Gasteiger partial charge on any atom is 0.273 e. The van der Waals surface area contributed by atoms with Gasteiger partial charge in [-0.3, -0.25) is 14.9 Å². The predicted octanol–water partition coefficient (Wildman–Crippen LogP) is 5.39. The highest BCUT2D eigenvalue weighted by Crippen LogP contribution is 2.31. The van der Waals surface area contributed by atoms with E-state index in [0.29, 0.717) is 28.7 Å². The Morgan fingerprint density at radius 3 is 2.40 bits per heavy atom. The largest absolute Gasteiger partial charge is 0.494 e. The fraction of sp³-hybridized carbons (Fsp3) is 0.120. The van der Waals surface area contributed by atoms with Gasteiger partial charge in [-0.05, 0) is 47.5 Å². The first-order chi connectivity index (χ1) is 16.8. The van der Waals surface area contributed by atoms with Crippen molar-refractivity contribution in [3.8, 4) is 23.3 Å². The molecule has 0 fully saturated rings. The molecule has 0 aliphatic carbocycles. The van der Waals surface area contributed by atoms with Crippen molar-refractivity contribution < 1.29 is 23.9 Å². The molecule has 0 aliphatic rings. The molecule has 178 valence electrons. The average molecular weight is 494 g/mol. The Bertz CT molecular complexity index is 1320. The van der Waals surface area contributed by atoms with Gasteiger partial charge in [-0.1, -0.05) is 29.8 Å². The van der Waals surface area contributed by atoms with Crippen LogP contribution in [0, 0.1) is 21.4 Å². The zero-order valence-corrected chi connectivity index (χ0v) is 19.5. The Hall–Kier alpha value is -4.55. The van der Waals surface area contributed by atoms with Gasteiger partial charge in [-0.2, -0.15) is 5.26 Å². The number of rotatable bonds is 9. The van der Waals surface area contributed by atoms with Crippen LogP contribution in [0.25, 0.3) is 6.08 Å². The van der Waals surface area contributed by atoms with Gasteiger partial charge in [0, 0.05) is 11.1 Å². The molecular weight excluding hydrogens is 474 g/mol. The minimum atomic E-state index is -0.707. The molecule has 1 amide bonds. The average Bonchev–Trinajstić information content (AvgIpc) is 2.87. The summed E-state index contributed by atoms with van der Waals surface area (Å²) in [5.74, 6) is 0.288. The van der Waals surface area contributed by atoms with E-state index in [1.165, 1.54) is 38.5 Å². The molecule has 35 heavy (non-hydrogen) atoms. The molecule has 3 aromatic carbocycles. The van der Waals surface area contributed by atoms with Crippen molar-refractivity contribution in [2.24, 2.45) is 0 Å². The summed E-state index contributed by atoms with van der Waals surface area (Å²) in [6.07, 6.45) is 1.39. The molecule has 0 saturated carbocycles. The zero-order chi connectivity index (χ0) is 25.4. The fourth-order valence-electron chi connectivity index (χ4n) is 3.04. The van der Waals surface area contributed by atoms with Crippen LogP contribution in [0.2, 0.25) is 5.02 Å². The van der Waals surface area contributed by atoms with E-state index in [9.17, 15) is 20.2 Å². The molecule has 0 radical (unpaired) electrons. The molecule has 3 rings (SSSR count). The Morgan fingerprint density at radius 2 is 1.77 bits per heavy atom. The molecule has 0 aromatic heterocycles. The molecule has 0 bridgehead atoms. The minimum absolute atomic E-state index is 0.0914. The maximum absolute atomic E-state index is 12.7. The molecule has 10 heteroatoms. The van der Waals surface area contributed by atoms with Crippen LogP contribution in [0.4, 0.5) is 11.4 Å². The van der Waals surface area contributed by atoms with Gasteiger partial charge in [0.1, 0.15) is 24.0 Å². The monoisotopic (exact) mass is 493 g/mol. The van der Waals surface area contributed by atoms with Gasteiger partial charge in [0.15, 0.2) is 11.5 Å². The topological polar surface area (TPSA) is 124 Å². The van der Waals surface area contributed by atoms with E-state index in [1.54, 1.807) is 30.3 Å². The SMILES string of the molecule is COc1cc([N+](=O)[O-])ccc1NC(=O)/C(C#N)=C\c1ccc(OCc2ccc(Cl)cc2)c(OC)c1. The maximum atomic E-state index is 12.7. The van der Waals surface area contributed by atoms with Crippen LogP contribution in [0.1, 0.15) is 11.1 Å². The highest BCUT2D eigenvalue weighted by atomic mass is 35.5. The number of benzene rings is 3. The van der Waals surface area contributed by atoms with E-state index in [0.717, 1.165) is 5.56 Å². The lowest BCUT2D eigenvalue weighted by Crippen LogP contribution is -2.14. The van der Waals surface area contributed by atoms with Crippen molar-refractivity contribution >= 4 is 35.0 Å². The number of nitro benzene ring substituents is 1. The van der Waals surface area contributed by atoms with Gasteiger partial charge in [0.25, 0.3) is 11.6 Å². The predicted molar refractivity (Wildman–Crippen MR) is 131 cm³/mol. The molecular formula is C25H20ClN3O6. The Labute approximate surface area is 206 Å². The molecule has 0 heterocycles. The summed E-state index contributed by atoms with van der Waals surface area (Å²) in [6, 6.07) is 17.8. The van der Waals surface area contributed by atoms with Gasteiger partial charge in [-0.15, -0.1) is 0 Å². The lowest BCUT2D eigenvalue weighted by Gasteiger charge is -2.12. The van der Waals surface area contributed by atoms with Crippen molar-refractivity contribution in [2.75, 3.05) is 19.5 Å². The number of nitrogens with one attached hydrogen (secondary N) is 1. The number of nitrogens with zero attached hydrogens (tertiary/aromatic N) is 2. The zero-order valence-electron chi connectivity index (χ0n) is 18.8. The van der Waals surface area contributed by atoms with Crippen molar-refractivity contribution in [2.45, 2.75) is 6.61 Å². The first-order valence-corrected chi connectivity index (χ1v) is 10.5. The summed E-state index contributed by atoms with van der Waals surface area (Å²) in [5.41, 5.74) is 1.25. The highest BCUT2D eigenvalue weighted by molar-refractivity contribution is 6.30. The van der Waals surface area contributed by atoms with Crippen LogP contribution >= 0.6 is 11.6 Å². The van der Waals surface area contributed by atoms with E-state index in [4.69, 9.17) is 25.8 Å². The number of hydrogen-bond acceptors (Lipinski definition) is 7. The summed E-state index contributed by atoms with van der Waals surface area (Å²) in [5, 5.41) is 23.6. The fourth-order valence-corrected chi connectivity index (χ4v) is 3.16.